The molecule has 1 saturated heterocycles. The topological polar surface area (TPSA) is 129 Å². The fourth-order valence-electron chi connectivity index (χ4n) is 4.45. The third-order valence-corrected chi connectivity index (χ3v) is 6.24. The number of aromatic nitrogens is 4. The van der Waals surface area contributed by atoms with Crippen LogP contribution in [-0.4, -0.2) is 61.3 Å². The van der Waals surface area contributed by atoms with Crippen LogP contribution in [0.25, 0.3) is 11.2 Å². The van der Waals surface area contributed by atoms with E-state index in [2.05, 4.69) is 39.2 Å². The van der Waals surface area contributed by atoms with E-state index in [4.69, 9.17) is 15.2 Å². The largest absolute Gasteiger partial charge is 0.387 e. The molecule has 0 aliphatic carbocycles. The molecular formula is C25H27N5O4. The molecule has 5 rings (SSSR count). The lowest BCUT2D eigenvalue weighted by Crippen LogP contribution is -2.34. The predicted molar refractivity (Wildman–Crippen MR) is 126 cm³/mol. The zero-order valence-corrected chi connectivity index (χ0v) is 18.5. The van der Waals surface area contributed by atoms with Crippen LogP contribution in [0.15, 0.2) is 73.3 Å². The molecule has 0 amide bonds. The minimum absolute atomic E-state index is 0.148. The molecule has 1 aliphatic heterocycles. The number of fused-ring (bicyclic) bond motifs is 1. The number of aliphatic hydroxyl groups excluding tert-OH is 2. The number of rotatable bonds is 8. The summed E-state index contributed by atoms with van der Waals surface area (Å²) in [4.78, 5) is 12.3. The summed E-state index contributed by atoms with van der Waals surface area (Å²) in [5.41, 5.74) is 9.13. The Morgan fingerprint density at radius 3 is 2.29 bits per heavy atom. The lowest BCUT2D eigenvalue weighted by Gasteiger charge is -2.19. The van der Waals surface area contributed by atoms with Crippen LogP contribution in [-0.2, 0) is 9.47 Å². The maximum atomic E-state index is 10.6. The van der Waals surface area contributed by atoms with Crippen molar-refractivity contribution in [2.45, 2.75) is 36.9 Å². The van der Waals surface area contributed by atoms with E-state index >= 15 is 0 Å². The molecule has 176 valence electrons. The van der Waals surface area contributed by atoms with Crippen LogP contribution in [0, 0.1) is 0 Å². The molecule has 1 fully saturated rings. The fourth-order valence-corrected chi connectivity index (χ4v) is 4.45. The summed E-state index contributed by atoms with van der Waals surface area (Å²) in [5.74, 6) is 0.431. The molecule has 2 aromatic carbocycles. The highest BCUT2D eigenvalue weighted by Crippen LogP contribution is 2.32. The first-order valence-electron chi connectivity index (χ1n) is 11.3. The van der Waals surface area contributed by atoms with E-state index in [9.17, 15) is 10.2 Å². The Morgan fingerprint density at radius 2 is 1.62 bits per heavy atom. The SMILES string of the molecule is Nc1ncnc2c1ncn2[C@@H]1O[C@H](COCCC(c2ccccc2)c2ccccc2)[C@@H](O)[C@H]1O. The number of imidazole rings is 1. The Balaban J connectivity index is 1.22. The number of nitrogens with zero attached hydrogens (tertiary/aromatic N) is 4. The highest BCUT2D eigenvalue weighted by Gasteiger charge is 2.44. The van der Waals surface area contributed by atoms with E-state index in [0.717, 1.165) is 6.42 Å². The molecule has 0 saturated carbocycles. The van der Waals surface area contributed by atoms with Gasteiger partial charge in [0, 0.05) is 12.5 Å². The molecule has 3 heterocycles. The highest BCUT2D eigenvalue weighted by atomic mass is 16.6. The van der Waals surface area contributed by atoms with Crippen molar-refractivity contribution >= 4 is 17.0 Å². The van der Waals surface area contributed by atoms with Gasteiger partial charge in [-0.2, -0.15) is 0 Å². The van der Waals surface area contributed by atoms with Gasteiger partial charge < -0.3 is 25.4 Å². The molecule has 1 aliphatic rings. The first kappa shape index (κ1) is 22.4. The summed E-state index contributed by atoms with van der Waals surface area (Å²) in [5, 5.41) is 21.2. The highest BCUT2D eigenvalue weighted by molar-refractivity contribution is 5.81. The number of hydrogen-bond donors (Lipinski definition) is 3. The maximum Gasteiger partial charge on any atom is 0.167 e. The molecule has 2 aromatic heterocycles. The molecule has 9 heteroatoms. The van der Waals surface area contributed by atoms with E-state index in [1.165, 1.54) is 23.8 Å². The van der Waals surface area contributed by atoms with Crippen molar-refractivity contribution in [3.8, 4) is 0 Å². The van der Waals surface area contributed by atoms with Crippen LogP contribution in [0.2, 0.25) is 0 Å². The van der Waals surface area contributed by atoms with E-state index in [1.54, 1.807) is 4.57 Å². The summed E-state index contributed by atoms with van der Waals surface area (Å²) < 4.78 is 13.4. The van der Waals surface area contributed by atoms with Crippen LogP contribution in [0.4, 0.5) is 5.82 Å². The molecule has 0 radical (unpaired) electrons. The van der Waals surface area contributed by atoms with E-state index < -0.39 is 24.5 Å². The third-order valence-electron chi connectivity index (χ3n) is 6.24. The fraction of sp³-hybridized carbons (Fsp3) is 0.320. The smallest absolute Gasteiger partial charge is 0.167 e. The van der Waals surface area contributed by atoms with E-state index in [1.807, 2.05) is 36.4 Å². The number of benzene rings is 2. The van der Waals surface area contributed by atoms with Crippen molar-refractivity contribution in [3.63, 3.8) is 0 Å². The first-order valence-corrected chi connectivity index (χ1v) is 11.3. The van der Waals surface area contributed by atoms with E-state index in [-0.39, 0.29) is 18.3 Å². The molecule has 34 heavy (non-hydrogen) atoms. The quantitative estimate of drug-likeness (QED) is 0.341. The van der Waals surface area contributed by atoms with Gasteiger partial charge in [0.25, 0.3) is 0 Å². The van der Waals surface area contributed by atoms with Crippen LogP contribution in [0.1, 0.15) is 29.7 Å². The number of ether oxygens (including phenoxy) is 2. The van der Waals surface area contributed by atoms with Crippen LogP contribution < -0.4 is 5.73 Å². The second-order valence-electron chi connectivity index (χ2n) is 8.37. The van der Waals surface area contributed by atoms with Gasteiger partial charge in [-0.3, -0.25) is 4.57 Å². The van der Waals surface area contributed by atoms with Crippen molar-refractivity contribution in [1.82, 2.24) is 19.5 Å². The third kappa shape index (κ3) is 4.38. The predicted octanol–water partition coefficient (Wildman–Crippen LogP) is 2.27. The van der Waals surface area contributed by atoms with Crippen LogP contribution in [0.5, 0.6) is 0 Å². The van der Waals surface area contributed by atoms with Crippen LogP contribution in [0.3, 0.4) is 0 Å². The molecule has 4 aromatic rings. The Bertz CT molecular complexity index is 1180. The van der Waals surface area contributed by atoms with Crippen molar-refractivity contribution in [2.24, 2.45) is 0 Å². The number of hydrogen-bond acceptors (Lipinski definition) is 8. The standard InChI is InChI=1S/C25H27N5O4/c26-23-20-24(28-14-27-23)30(15-29-20)25-22(32)21(31)19(34-25)13-33-12-11-18(16-7-3-1-4-8-16)17-9-5-2-6-10-17/h1-10,14-15,18-19,21-22,25,31-32H,11-13H2,(H2,26,27,28)/t19-,21-,22-,25-/m1/s1. The van der Waals surface area contributed by atoms with Crippen molar-refractivity contribution in [2.75, 3.05) is 18.9 Å². The monoisotopic (exact) mass is 461 g/mol. The van der Waals surface area contributed by atoms with Crippen LogP contribution >= 0.6 is 0 Å². The zero-order chi connectivity index (χ0) is 23.5. The van der Waals surface area contributed by atoms with Gasteiger partial charge in [0.1, 0.15) is 30.2 Å². The Morgan fingerprint density at radius 1 is 0.941 bits per heavy atom. The van der Waals surface area contributed by atoms with Gasteiger partial charge in [0.15, 0.2) is 17.7 Å². The van der Waals surface area contributed by atoms with Gasteiger partial charge in [-0.25, -0.2) is 15.0 Å². The Hall–Kier alpha value is -3.37. The average Bonchev–Trinajstić information content (AvgIpc) is 3.42. The molecule has 0 unspecified atom stereocenters. The molecule has 4 N–H and O–H groups in total. The van der Waals surface area contributed by atoms with Crippen molar-refractivity contribution in [1.29, 1.82) is 0 Å². The van der Waals surface area contributed by atoms with Gasteiger partial charge >= 0.3 is 0 Å². The van der Waals surface area contributed by atoms with Gasteiger partial charge in [-0.05, 0) is 17.5 Å². The molecular weight excluding hydrogens is 434 g/mol. The lowest BCUT2D eigenvalue weighted by molar-refractivity contribution is -0.0658. The first-order chi connectivity index (χ1) is 16.6. The van der Waals surface area contributed by atoms with Crippen molar-refractivity contribution in [3.05, 3.63) is 84.4 Å². The number of nitrogens with two attached hydrogens (primary N) is 1. The van der Waals surface area contributed by atoms with E-state index in [0.29, 0.717) is 17.8 Å². The Kier molecular flexibility index (Phi) is 6.50. The van der Waals surface area contributed by atoms with Gasteiger partial charge in [0.2, 0.25) is 0 Å². The number of aliphatic hydroxyl groups is 2. The Labute approximate surface area is 196 Å². The molecule has 9 nitrogen and oxygen atoms in total. The summed E-state index contributed by atoms with van der Waals surface area (Å²) in [6, 6.07) is 20.6. The number of nitrogen functional groups attached to an aromatic ring is 1. The van der Waals surface area contributed by atoms with Gasteiger partial charge in [-0.15, -0.1) is 0 Å². The second kappa shape index (κ2) is 9.86. The zero-order valence-electron chi connectivity index (χ0n) is 18.5. The normalized spacial score (nSPS) is 22.6. The summed E-state index contributed by atoms with van der Waals surface area (Å²) in [6.07, 6.45) is -0.254. The van der Waals surface area contributed by atoms with Gasteiger partial charge in [-0.1, -0.05) is 60.7 Å². The molecule has 0 spiro atoms. The minimum atomic E-state index is -1.16. The van der Waals surface area contributed by atoms with Crippen molar-refractivity contribution < 1.29 is 19.7 Å². The number of anilines is 1. The minimum Gasteiger partial charge on any atom is -0.387 e. The molecule has 4 atom stereocenters. The second-order valence-corrected chi connectivity index (χ2v) is 8.37. The maximum absolute atomic E-state index is 10.6. The molecule has 0 bridgehead atoms. The lowest BCUT2D eigenvalue weighted by atomic mass is 9.89. The van der Waals surface area contributed by atoms with Gasteiger partial charge in [0.05, 0.1) is 12.9 Å². The summed E-state index contributed by atoms with van der Waals surface area (Å²) in [6.45, 7) is 0.619. The summed E-state index contributed by atoms with van der Waals surface area (Å²) in [7, 11) is 0. The average molecular weight is 462 g/mol. The summed E-state index contributed by atoms with van der Waals surface area (Å²) >= 11 is 0.